The number of hydrogen-bond donors (Lipinski definition) is 1. The molecule has 0 aliphatic carbocycles. The van der Waals surface area contributed by atoms with E-state index in [9.17, 15) is 14.4 Å². The molecule has 0 atom stereocenters. The van der Waals surface area contributed by atoms with Gasteiger partial charge >= 0.3 is 0 Å². The molecule has 0 unspecified atom stereocenters. The van der Waals surface area contributed by atoms with Gasteiger partial charge in [-0.1, -0.05) is 43.0 Å². The smallest absolute Gasteiger partial charge is 0.267 e. The molecule has 8 nitrogen and oxygen atoms in total. The molecule has 5 aromatic rings. The first kappa shape index (κ1) is 23.5. The van der Waals surface area contributed by atoms with E-state index >= 15 is 0 Å². The number of carbonyl (C=O) groups excluding carboxylic acids is 2. The number of carbonyl (C=O) groups is 2. The van der Waals surface area contributed by atoms with Gasteiger partial charge in [-0.15, -0.1) is 10.2 Å². The maximum Gasteiger partial charge on any atom is 0.267 e. The van der Waals surface area contributed by atoms with Gasteiger partial charge in [-0.3, -0.25) is 18.8 Å². The molecule has 1 amide bonds. The molecule has 0 radical (unpaired) electrons. The number of amides is 1. The van der Waals surface area contributed by atoms with Crippen LogP contribution in [-0.2, 0) is 11.2 Å². The Morgan fingerprint density at radius 1 is 0.944 bits per heavy atom. The summed E-state index contributed by atoms with van der Waals surface area (Å²) in [5, 5.41) is 12.5. The van der Waals surface area contributed by atoms with Crippen LogP contribution in [0.15, 0.2) is 82.7 Å². The number of anilines is 1. The van der Waals surface area contributed by atoms with Gasteiger partial charge in [0.25, 0.3) is 5.56 Å². The number of hydrogen-bond acceptors (Lipinski definition) is 6. The van der Waals surface area contributed by atoms with Gasteiger partial charge in [0.15, 0.2) is 10.9 Å². The minimum absolute atomic E-state index is 0.0332. The Morgan fingerprint density at radius 2 is 1.67 bits per heavy atom. The lowest BCUT2D eigenvalue weighted by Gasteiger charge is -2.12. The van der Waals surface area contributed by atoms with Crippen LogP contribution in [0.25, 0.3) is 22.4 Å². The molecule has 180 valence electrons. The number of aryl methyl sites for hydroxylation is 1. The van der Waals surface area contributed by atoms with Gasteiger partial charge in [0.2, 0.25) is 11.7 Å². The molecule has 0 aliphatic heterocycles. The van der Waals surface area contributed by atoms with Crippen LogP contribution in [0.4, 0.5) is 5.69 Å². The number of rotatable bonds is 7. The Balaban J connectivity index is 1.48. The zero-order valence-electron chi connectivity index (χ0n) is 19.8. The second-order valence-electron chi connectivity index (χ2n) is 8.27. The molecule has 9 heteroatoms. The lowest BCUT2D eigenvalue weighted by Crippen LogP contribution is -2.22. The second-order valence-corrected chi connectivity index (χ2v) is 9.21. The molecular weight excluding hydrogens is 474 g/mol. The van der Waals surface area contributed by atoms with Gasteiger partial charge < -0.3 is 5.32 Å². The van der Waals surface area contributed by atoms with Gasteiger partial charge in [-0.2, -0.15) is 0 Å². The average Bonchev–Trinajstić information content (AvgIpc) is 3.32. The molecule has 0 fully saturated rings. The van der Waals surface area contributed by atoms with Crippen LogP contribution < -0.4 is 10.9 Å². The molecule has 0 bridgehead atoms. The zero-order valence-corrected chi connectivity index (χ0v) is 20.6. The Morgan fingerprint density at radius 3 is 2.36 bits per heavy atom. The maximum atomic E-state index is 13.4. The van der Waals surface area contributed by atoms with E-state index in [0.717, 1.165) is 6.42 Å². The van der Waals surface area contributed by atoms with E-state index < -0.39 is 0 Å². The SMILES string of the molecule is CCc1ccc(-n2c(=O)c3ccccc3n3c(SCC(=O)Nc4ccc(C(C)=O)cc4)nnc23)cc1. The fourth-order valence-electron chi connectivity index (χ4n) is 4.00. The third kappa shape index (κ3) is 4.40. The van der Waals surface area contributed by atoms with Crippen molar-refractivity contribution in [2.24, 2.45) is 0 Å². The maximum absolute atomic E-state index is 13.4. The standard InChI is InChI=1S/C27H23N5O3S/c1-3-18-8-14-21(15-9-18)31-25(35)22-6-4-5-7-23(22)32-26(31)29-30-27(32)36-16-24(34)28-20-12-10-19(11-13-20)17(2)33/h4-15H,3,16H2,1-2H3,(H,28,34). The predicted molar refractivity (Wildman–Crippen MR) is 141 cm³/mol. The molecule has 5 rings (SSSR count). The molecule has 0 saturated heterocycles. The summed E-state index contributed by atoms with van der Waals surface area (Å²) in [7, 11) is 0. The van der Waals surface area contributed by atoms with E-state index in [4.69, 9.17) is 0 Å². The number of nitrogens with zero attached hydrogens (tertiary/aromatic N) is 4. The lowest BCUT2D eigenvalue weighted by atomic mass is 10.1. The van der Waals surface area contributed by atoms with Crippen LogP contribution in [0.1, 0.15) is 29.8 Å². The summed E-state index contributed by atoms with van der Waals surface area (Å²) in [6.45, 7) is 3.57. The van der Waals surface area contributed by atoms with E-state index in [1.165, 1.54) is 24.2 Å². The van der Waals surface area contributed by atoms with Gasteiger partial charge in [0, 0.05) is 11.3 Å². The highest BCUT2D eigenvalue weighted by atomic mass is 32.2. The third-order valence-electron chi connectivity index (χ3n) is 5.91. The van der Waals surface area contributed by atoms with Crippen LogP contribution in [0.3, 0.4) is 0 Å². The van der Waals surface area contributed by atoms with Crippen LogP contribution in [0, 0.1) is 0 Å². The Bertz CT molecular complexity index is 1650. The minimum Gasteiger partial charge on any atom is -0.325 e. The number of nitrogens with one attached hydrogen (secondary N) is 1. The number of fused-ring (bicyclic) bond motifs is 3. The lowest BCUT2D eigenvalue weighted by molar-refractivity contribution is -0.113. The number of thioether (sulfide) groups is 1. The highest BCUT2D eigenvalue weighted by Crippen LogP contribution is 2.24. The molecular formula is C27H23N5O3S. The molecule has 0 aliphatic rings. The topological polar surface area (TPSA) is 98.4 Å². The van der Waals surface area contributed by atoms with Gasteiger partial charge in [-0.25, -0.2) is 4.57 Å². The number of benzene rings is 3. The first-order valence-corrected chi connectivity index (χ1v) is 12.5. The van der Waals surface area contributed by atoms with E-state index in [0.29, 0.717) is 38.8 Å². The summed E-state index contributed by atoms with van der Waals surface area (Å²) in [5.41, 5.74) is 3.54. The van der Waals surface area contributed by atoms with E-state index in [1.54, 1.807) is 34.9 Å². The largest absolute Gasteiger partial charge is 0.325 e. The Hall–Kier alpha value is -4.24. The number of ketones is 1. The highest BCUT2D eigenvalue weighted by molar-refractivity contribution is 7.99. The molecule has 2 aromatic heterocycles. The van der Waals surface area contributed by atoms with Crippen molar-refractivity contribution < 1.29 is 9.59 Å². The summed E-state index contributed by atoms with van der Waals surface area (Å²) >= 11 is 1.23. The second kappa shape index (κ2) is 9.79. The van der Waals surface area contributed by atoms with Crippen molar-refractivity contribution in [1.82, 2.24) is 19.2 Å². The monoisotopic (exact) mass is 497 g/mol. The summed E-state index contributed by atoms with van der Waals surface area (Å²) in [6.07, 6.45) is 0.900. The first-order chi connectivity index (χ1) is 17.5. The van der Waals surface area contributed by atoms with Crippen molar-refractivity contribution in [2.45, 2.75) is 25.4 Å². The van der Waals surface area contributed by atoms with Gasteiger partial charge in [-0.05, 0) is 67.4 Å². The fourth-order valence-corrected chi connectivity index (χ4v) is 4.74. The van der Waals surface area contributed by atoms with E-state index in [1.807, 2.05) is 46.9 Å². The molecule has 2 heterocycles. The van der Waals surface area contributed by atoms with Crippen LogP contribution in [0.5, 0.6) is 0 Å². The van der Waals surface area contributed by atoms with Crippen LogP contribution in [-0.4, -0.2) is 36.6 Å². The van der Waals surface area contributed by atoms with E-state index in [2.05, 4.69) is 22.4 Å². The Kier molecular flexibility index (Phi) is 6.39. The van der Waals surface area contributed by atoms with Crippen molar-refractivity contribution in [2.75, 3.05) is 11.1 Å². The molecule has 3 aromatic carbocycles. The molecule has 0 spiro atoms. The Labute approximate surface area is 211 Å². The molecule has 36 heavy (non-hydrogen) atoms. The summed E-state index contributed by atoms with van der Waals surface area (Å²) in [4.78, 5) is 37.5. The predicted octanol–water partition coefficient (Wildman–Crippen LogP) is 4.53. The van der Waals surface area contributed by atoms with Crippen molar-refractivity contribution in [3.05, 3.63) is 94.3 Å². The van der Waals surface area contributed by atoms with Crippen molar-refractivity contribution >= 4 is 45.8 Å². The summed E-state index contributed by atoms with van der Waals surface area (Å²) in [5.74, 6) is 0.216. The number of Topliss-reactive ketones (excluding diaryl/α,β-unsaturated/α-hetero) is 1. The normalized spacial score (nSPS) is 11.2. The fraction of sp³-hybridized carbons (Fsp3) is 0.148. The van der Waals surface area contributed by atoms with Crippen molar-refractivity contribution in [3.8, 4) is 5.69 Å². The van der Waals surface area contributed by atoms with Crippen molar-refractivity contribution in [3.63, 3.8) is 0 Å². The van der Waals surface area contributed by atoms with Gasteiger partial charge in [0.1, 0.15) is 0 Å². The summed E-state index contributed by atoms with van der Waals surface area (Å²) in [6, 6.07) is 21.8. The minimum atomic E-state index is -0.222. The zero-order chi connectivity index (χ0) is 25.2. The van der Waals surface area contributed by atoms with Gasteiger partial charge in [0.05, 0.1) is 22.3 Å². The highest BCUT2D eigenvalue weighted by Gasteiger charge is 2.18. The molecule has 0 saturated carbocycles. The quantitative estimate of drug-likeness (QED) is 0.262. The van der Waals surface area contributed by atoms with E-state index in [-0.39, 0.29) is 23.0 Å². The van der Waals surface area contributed by atoms with Crippen molar-refractivity contribution in [1.29, 1.82) is 0 Å². The average molecular weight is 498 g/mol. The number of aromatic nitrogens is 4. The molecule has 1 N–H and O–H groups in total. The first-order valence-electron chi connectivity index (χ1n) is 11.5. The van der Waals surface area contributed by atoms with Crippen LogP contribution in [0.2, 0.25) is 0 Å². The number of para-hydroxylation sites is 1. The van der Waals surface area contributed by atoms with Crippen LogP contribution >= 0.6 is 11.8 Å². The summed E-state index contributed by atoms with van der Waals surface area (Å²) < 4.78 is 3.36. The third-order valence-corrected chi connectivity index (χ3v) is 6.83.